The Morgan fingerprint density at radius 2 is 2.22 bits per heavy atom. The van der Waals surface area contributed by atoms with Gasteiger partial charge in [-0.1, -0.05) is 6.07 Å². The molecular formula is C15H15N5O2S. The smallest absolute Gasteiger partial charge is 0.190 e. The molecule has 0 saturated carbocycles. The fraction of sp³-hybridized carbons (Fsp3) is 0.133. The van der Waals surface area contributed by atoms with Gasteiger partial charge in [0, 0.05) is 19.4 Å². The van der Waals surface area contributed by atoms with Crippen molar-refractivity contribution in [1.29, 1.82) is 0 Å². The summed E-state index contributed by atoms with van der Waals surface area (Å²) >= 11 is 5.22. The highest BCUT2D eigenvalue weighted by Gasteiger charge is 2.17. The van der Waals surface area contributed by atoms with E-state index in [-0.39, 0.29) is 0 Å². The topological polar surface area (TPSA) is 91.0 Å². The summed E-state index contributed by atoms with van der Waals surface area (Å²) in [6.45, 7) is 0. The number of nitrogens with two attached hydrogens (primary N) is 1. The zero-order chi connectivity index (χ0) is 16.4. The molecule has 0 aliphatic heterocycles. The van der Waals surface area contributed by atoms with Gasteiger partial charge in [0.15, 0.2) is 27.7 Å². The minimum absolute atomic E-state index is 0.404. The largest absolute Gasteiger partial charge is 0.491 e. The van der Waals surface area contributed by atoms with Crippen molar-refractivity contribution in [3.05, 3.63) is 47.3 Å². The molecule has 8 heteroatoms. The Hall–Kier alpha value is -2.87. The van der Waals surface area contributed by atoms with Crippen molar-refractivity contribution in [3.8, 4) is 11.5 Å². The van der Waals surface area contributed by atoms with Crippen LogP contribution in [0.15, 0.2) is 36.8 Å². The lowest BCUT2D eigenvalue weighted by Crippen LogP contribution is -2.03. The van der Waals surface area contributed by atoms with Crippen molar-refractivity contribution in [2.75, 3.05) is 7.11 Å². The summed E-state index contributed by atoms with van der Waals surface area (Å²) in [6.07, 6.45) is 4.57. The number of H-pyrrole nitrogens is 1. The third-order valence-corrected chi connectivity index (χ3v) is 3.71. The number of hydrogen-bond acceptors (Lipinski definition) is 6. The first-order valence-corrected chi connectivity index (χ1v) is 7.19. The molecule has 0 aliphatic rings. The van der Waals surface area contributed by atoms with E-state index in [4.69, 9.17) is 27.4 Å². The molecule has 3 heterocycles. The lowest BCUT2D eigenvalue weighted by molar-refractivity contribution is 0.387. The molecule has 0 saturated heterocycles. The third kappa shape index (κ3) is 2.64. The quantitative estimate of drug-likeness (QED) is 0.564. The summed E-state index contributed by atoms with van der Waals surface area (Å²) in [5.41, 5.74) is 7.62. The Balaban J connectivity index is 2.10. The fourth-order valence-electron chi connectivity index (χ4n) is 2.23. The van der Waals surface area contributed by atoms with E-state index in [1.54, 1.807) is 30.1 Å². The van der Waals surface area contributed by atoms with Gasteiger partial charge < -0.3 is 24.8 Å². The summed E-state index contributed by atoms with van der Waals surface area (Å²) in [4.78, 5) is 11.5. The minimum Gasteiger partial charge on any atom is -0.491 e. The molecule has 0 aromatic carbocycles. The maximum Gasteiger partial charge on any atom is 0.190 e. The van der Waals surface area contributed by atoms with Crippen LogP contribution in [0.3, 0.4) is 0 Å². The molecule has 0 amide bonds. The number of hydrogen-bond donors (Lipinski definition) is 2. The van der Waals surface area contributed by atoms with Crippen LogP contribution in [0.5, 0.6) is 11.5 Å². The molecule has 23 heavy (non-hydrogen) atoms. The van der Waals surface area contributed by atoms with Crippen LogP contribution in [0.2, 0.25) is 0 Å². The van der Waals surface area contributed by atoms with E-state index in [9.17, 15) is 0 Å². The van der Waals surface area contributed by atoms with Crippen LogP contribution >= 0.6 is 12.2 Å². The normalized spacial score (nSPS) is 11.7. The number of fused-ring (bicyclic) bond motifs is 1. The summed E-state index contributed by atoms with van der Waals surface area (Å²) in [7, 11) is 3.39. The molecule has 3 aromatic heterocycles. The molecule has 3 aromatic rings. The summed E-state index contributed by atoms with van der Waals surface area (Å²) in [6, 6.07) is 5.47. The first kappa shape index (κ1) is 15.0. The number of aromatic amines is 1. The molecule has 7 nitrogen and oxygen atoms in total. The average molecular weight is 329 g/mol. The maximum absolute atomic E-state index is 5.87. The fourth-order valence-corrected chi connectivity index (χ4v) is 2.41. The molecule has 118 valence electrons. The average Bonchev–Trinajstić information content (AvgIpc) is 2.88. The second-order valence-electron chi connectivity index (χ2n) is 4.69. The number of imidazole rings is 1. The van der Waals surface area contributed by atoms with E-state index >= 15 is 0 Å². The van der Waals surface area contributed by atoms with Crippen molar-refractivity contribution in [1.82, 2.24) is 19.5 Å². The van der Waals surface area contributed by atoms with Gasteiger partial charge in [-0.2, -0.15) is 0 Å². The molecule has 0 bridgehead atoms. The number of nitrogens with zero attached hydrogens (tertiary/aromatic N) is 3. The highest BCUT2D eigenvalue weighted by atomic mass is 32.1. The molecular weight excluding hydrogens is 314 g/mol. The number of pyridine rings is 2. The number of aromatic nitrogens is 4. The van der Waals surface area contributed by atoms with Crippen LogP contribution in [0, 0.1) is 4.77 Å². The number of aryl methyl sites for hydroxylation is 1. The van der Waals surface area contributed by atoms with Crippen molar-refractivity contribution < 1.29 is 9.47 Å². The number of ether oxygens (including phenoxy) is 2. The van der Waals surface area contributed by atoms with Crippen molar-refractivity contribution in [2.45, 2.75) is 0 Å². The van der Waals surface area contributed by atoms with Gasteiger partial charge >= 0.3 is 0 Å². The van der Waals surface area contributed by atoms with Crippen molar-refractivity contribution in [3.63, 3.8) is 0 Å². The van der Waals surface area contributed by atoms with E-state index in [2.05, 4.69) is 15.0 Å². The van der Waals surface area contributed by atoms with Crippen LogP contribution in [0.1, 0.15) is 5.69 Å². The van der Waals surface area contributed by atoms with Gasteiger partial charge in [-0.3, -0.25) is 4.98 Å². The molecule has 0 fully saturated rings. The number of methoxy groups -OCH3 is 1. The van der Waals surface area contributed by atoms with Gasteiger partial charge in [0.05, 0.1) is 13.3 Å². The molecule has 0 atom stereocenters. The number of rotatable bonds is 4. The van der Waals surface area contributed by atoms with Crippen molar-refractivity contribution >= 4 is 29.1 Å². The van der Waals surface area contributed by atoms with Crippen molar-refractivity contribution in [2.24, 2.45) is 12.8 Å². The minimum atomic E-state index is 0.404. The Morgan fingerprint density at radius 1 is 1.39 bits per heavy atom. The van der Waals surface area contributed by atoms with Gasteiger partial charge in [-0.25, -0.2) is 4.98 Å². The summed E-state index contributed by atoms with van der Waals surface area (Å²) in [5, 5.41) is 0. The predicted molar refractivity (Wildman–Crippen MR) is 89.5 cm³/mol. The van der Waals surface area contributed by atoms with Crippen LogP contribution in [0.4, 0.5) is 0 Å². The molecule has 3 rings (SSSR count). The second-order valence-corrected chi connectivity index (χ2v) is 5.08. The van der Waals surface area contributed by atoms with Crippen LogP contribution in [-0.2, 0) is 7.05 Å². The van der Waals surface area contributed by atoms with Crippen LogP contribution in [0.25, 0.3) is 16.9 Å². The van der Waals surface area contributed by atoms with Crippen LogP contribution in [-0.4, -0.2) is 26.6 Å². The number of nitrogens with one attached hydrogen (secondary N) is 1. The lowest BCUT2D eigenvalue weighted by atomic mass is 10.3. The third-order valence-electron chi connectivity index (χ3n) is 3.33. The lowest BCUT2D eigenvalue weighted by Gasteiger charge is -2.13. The second kappa shape index (κ2) is 6.09. The van der Waals surface area contributed by atoms with Gasteiger partial charge in [0.25, 0.3) is 0 Å². The zero-order valence-electron chi connectivity index (χ0n) is 12.6. The van der Waals surface area contributed by atoms with E-state index in [0.717, 1.165) is 0 Å². The predicted octanol–water partition coefficient (Wildman–Crippen LogP) is 2.37. The Kier molecular flexibility index (Phi) is 3.98. The Bertz CT molecular complexity index is 930. The van der Waals surface area contributed by atoms with E-state index in [0.29, 0.717) is 38.9 Å². The monoisotopic (exact) mass is 329 g/mol. The van der Waals surface area contributed by atoms with Gasteiger partial charge in [-0.15, -0.1) is 0 Å². The molecule has 0 unspecified atom stereocenters. The highest BCUT2D eigenvalue weighted by molar-refractivity contribution is 7.71. The van der Waals surface area contributed by atoms with Gasteiger partial charge in [0.2, 0.25) is 0 Å². The Labute approximate surface area is 137 Å². The highest BCUT2D eigenvalue weighted by Crippen LogP contribution is 2.35. The molecule has 0 radical (unpaired) electrons. The van der Waals surface area contributed by atoms with E-state index < -0.39 is 0 Å². The first-order valence-electron chi connectivity index (χ1n) is 6.78. The van der Waals surface area contributed by atoms with Crippen LogP contribution < -0.4 is 15.2 Å². The first-order chi connectivity index (χ1) is 11.2. The van der Waals surface area contributed by atoms with E-state index in [1.165, 1.54) is 6.20 Å². The summed E-state index contributed by atoms with van der Waals surface area (Å²) < 4.78 is 13.7. The standard InChI is InChI=1S/C15H15N5O2S/c1-20-12-13(21-2)11(8-18-14(12)19-15(20)23)22-10(7-16)9-5-3-4-6-17-9/h3-8H,16H2,1-2H3,(H,18,19,23). The van der Waals surface area contributed by atoms with Gasteiger partial charge in [0.1, 0.15) is 11.2 Å². The molecule has 0 spiro atoms. The Morgan fingerprint density at radius 3 is 2.87 bits per heavy atom. The zero-order valence-corrected chi connectivity index (χ0v) is 13.4. The molecule has 3 N–H and O–H groups in total. The SMILES string of the molecule is COc1c(OC(=CN)c2ccccn2)cnc2[nH]c(=S)n(C)c12. The maximum atomic E-state index is 5.87. The van der Waals surface area contributed by atoms with Gasteiger partial charge in [-0.05, 0) is 24.4 Å². The summed E-state index contributed by atoms with van der Waals surface area (Å²) in [5.74, 6) is 1.34. The molecule has 0 aliphatic carbocycles. The van der Waals surface area contributed by atoms with E-state index in [1.807, 2.05) is 19.2 Å².